The first-order valence-corrected chi connectivity index (χ1v) is 5.23. The van der Waals surface area contributed by atoms with Gasteiger partial charge in [0, 0.05) is 25.9 Å². The number of hydrogen-bond donors (Lipinski definition) is 3. The van der Waals surface area contributed by atoms with Crippen LogP contribution in [0.4, 0.5) is 0 Å². The molecule has 0 saturated carbocycles. The summed E-state index contributed by atoms with van der Waals surface area (Å²) in [6.07, 6.45) is 0.577. The molecule has 1 atom stereocenters. The minimum absolute atomic E-state index is 0.0351. The van der Waals surface area contributed by atoms with Crippen molar-refractivity contribution < 1.29 is 29.6 Å². The Morgan fingerprint density at radius 3 is 2.25 bits per heavy atom. The zero-order valence-electron chi connectivity index (χ0n) is 9.09. The van der Waals surface area contributed by atoms with Crippen molar-refractivity contribution in [2.24, 2.45) is 0 Å². The average molecular weight is 234 g/mol. The van der Waals surface area contributed by atoms with Gasteiger partial charge in [0.25, 0.3) is 0 Å². The van der Waals surface area contributed by atoms with Gasteiger partial charge in [-0.1, -0.05) is 0 Å². The van der Waals surface area contributed by atoms with Crippen LogP contribution >= 0.6 is 0 Å². The predicted molar refractivity (Wildman–Crippen MR) is 54.8 cm³/mol. The van der Waals surface area contributed by atoms with Gasteiger partial charge in [-0.05, 0) is 12.8 Å². The molecule has 0 aromatic rings. The molecular weight excluding hydrogens is 216 g/mol. The second-order valence-electron chi connectivity index (χ2n) is 3.41. The summed E-state index contributed by atoms with van der Waals surface area (Å²) >= 11 is 0. The van der Waals surface area contributed by atoms with Crippen molar-refractivity contribution >= 4 is 11.9 Å². The summed E-state index contributed by atoms with van der Waals surface area (Å²) in [5.74, 6) is -1.36. The molecule has 0 rings (SSSR count). The lowest BCUT2D eigenvalue weighted by Gasteiger charge is -2.13. The average Bonchev–Trinajstić information content (AvgIpc) is 2.23. The van der Waals surface area contributed by atoms with Crippen LogP contribution in [-0.4, -0.2) is 46.6 Å². The van der Waals surface area contributed by atoms with E-state index in [0.29, 0.717) is 12.8 Å². The van der Waals surface area contributed by atoms with Gasteiger partial charge in [-0.2, -0.15) is 0 Å². The van der Waals surface area contributed by atoms with Gasteiger partial charge in [-0.25, -0.2) is 0 Å². The standard InChI is InChI=1S/C10H18O6/c11-6-5-8(7-12)16-10(15)4-2-1-3-9(13)14/h8,11-12H,1-7H2,(H,13,14). The predicted octanol–water partition coefficient (Wildman–Crippen LogP) is -0.0821. The smallest absolute Gasteiger partial charge is 0.306 e. The molecule has 0 aromatic carbocycles. The van der Waals surface area contributed by atoms with Gasteiger partial charge >= 0.3 is 11.9 Å². The molecule has 94 valence electrons. The number of hydrogen-bond acceptors (Lipinski definition) is 5. The molecule has 0 heterocycles. The van der Waals surface area contributed by atoms with Gasteiger partial charge in [0.15, 0.2) is 0 Å². The van der Waals surface area contributed by atoms with Crippen molar-refractivity contribution in [3.8, 4) is 0 Å². The van der Waals surface area contributed by atoms with Crippen LogP contribution in [0.5, 0.6) is 0 Å². The first-order valence-electron chi connectivity index (χ1n) is 5.23. The number of unbranched alkanes of at least 4 members (excludes halogenated alkanes) is 1. The summed E-state index contributed by atoms with van der Waals surface area (Å²) < 4.78 is 4.85. The van der Waals surface area contributed by atoms with E-state index in [4.69, 9.17) is 20.1 Å². The largest absolute Gasteiger partial charge is 0.481 e. The normalized spacial score (nSPS) is 12.1. The van der Waals surface area contributed by atoms with Gasteiger partial charge in [-0.3, -0.25) is 9.59 Å². The maximum absolute atomic E-state index is 11.2. The van der Waals surface area contributed by atoms with Gasteiger partial charge in [0.1, 0.15) is 6.10 Å². The van der Waals surface area contributed by atoms with E-state index in [9.17, 15) is 9.59 Å². The van der Waals surface area contributed by atoms with Gasteiger partial charge < -0.3 is 20.1 Å². The van der Waals surface area contributed by atoms with Crippen LogP contribution in [0, 0.1) is 0 Å². The van der Waals surface area contributed by atoms with Crippen molar-refractivity contribution in [3.05, 3.63) is 0 Å². The van der Waals surface area contributed by atoms with E-state index < -0.39 is 18.0 Å². The lowest BCUT2D eigenvalue weighted by molar-refractivity contribution is -0.152. The highest BCUT2D eigenvalue weighted by Crippen LogP contribution is 2.05. The minimum Gasteiger partial charge on any atom is -0.481 e. The number of aliphatic carboxylic acids is 1. The summed E-state index contributed by atoms with van der Waals surface area (Å²) in [6.45, 7) is -0.473. The third kappa shape index (κ3) is 8.19. The van der Waals surface area contributed by atoms with Crippen LogP contribution in [0.2, 0.25) is 0 Å². The van der Waals surface area contributed by atoms with Crippen molar-refractivity contribution in [1.29, 1.82) is 0 Å². The fourth-order valence-corrected chi connectivity index (χ4v) is 1.12. The number of aliphatic hydroxyl groups is 2. The molecule has 6 nitrogen and oxygen atoms in total. The molecule has 0 saturated heterocycles. The van der Waals surface area contributed by atoms with Crippen molar-refractivity contribution in [3.63, 3.8) is 0 Å². The number of ether oxygens (including phenoxy) is 1. The molecule has 0 aliphatic carbocycles. The summed E-state index contributed by atoms with van der Waals surface area (Å²) in [5.41, 5.74) is 0. The Hall–Kier alpha value is -1.14. The summed E-state index contributed by atoms with van der Waals surface area (Å²) in [4.78, 5) is 21.3. The SMILES string of the molecule is O=C(O)CCCCC(=O)OC(CO)CCO. The Morgan fingerprint density at radius 1 is 1.12 bits per heavy atom. The zero-order chi connectivity index (χ0) is 12.4. The number of rotatable bonds is 9. The molecule has 0 amide bonds. The Kier molecular flexibility index (Phi) is 8.46. The molecule has 0 fully saturated rings. The first kappa shape index (κ1) is 14.9. The van der Waals surface area contributed by atoms with Crippen molar-refractivity contribution in [1.82, 2.24) is 0 Å². The molecule has 0 aromatic heterocycles. The van der Waals surface area contributed by atoms with E-state index in [2.05, 4.69) is 0 Å². The lowest BCUT2D eigenvalue weighted by atomic mass is 10.2. The Bertz CT molecular complexity index is 215. The van der Waals surface area contributed by atoms with Crippen LogP contribution < -0.4 is 0 Å². The van der Waals surface area contributed by atoms with Gasteiger partial charge in [-0.15, -0.1) is 0 Å². The van der Waals surface area contributed by atoms with E-state index in [-0.39, 0.29) is 32.5 Å². The van der Waals surface area contributed by atoms with E-state index in [1.165, 1.54) is 0 Å². The fourth-order valence-electron chi connectivity index (χ4n) is 1.12. The fraction of sp³-hybridized carbons (Fsp3) is 0.800. The molecule has 1 unspecified atom stereocenters. The quantitative estimate of drug-likeness (QED) is 0.380. The monoisotopic (exact) mass is 234 g/mol. The first-order chi connectivity index (χ1) is 7.60. The molecular formula is C10H18O6. The molecule has 0 radical (unpaired) electrons. The van der Waals surface area contributed by atoms with E-state index in [1.807, 2.05) is 0 Å². The number of esters is 1. The van der Waals surface area contributed by atoms with Crippen LogP contribution in [0.25, 0.3) is 0 Å². The maximum Gasteiger partial charge on any atom is 0.306 e. The molecule has 16 heavy (non-hydrogen) atoms. The highest BCUT2D eigenvalue weighted by atomic mass is 16.6. The number of aliphatic hydroxyl groups excluding tert-OH is 2. The molecule has 0 bridgehead atoms. The van der Waals surface area contributed by atoms with Gasteiger partial charge in [0.2, 0.25) is 0 Å². The summed E-state index contributed by atoms with van der Waals surface area (Å²) in [7, 11) is 0. The third-order valence-corrected chi connectivity index (χ3v) is 1.97. The van der Waals surface area contributed by atoms with E-state index in [1.54, 1.807) is 0 Å². The molecule has 0 spiro atoms. The second kappa shape index (κ2) is 9.11. The van der Waals surface area contributed by atoms with Crippen molar-refractivity contribution in [2.75, 3.05) is 13.2 Å². The van der Waals surface area contributed by atoms with E-state index in [0.717, 1.165) is 0 Å². The highest BCUT2D eigenvalue weighted by molar-refractivity contribution is 5.70. The Morgan fingerprint density at radius 2 is 1.75 bits per heavy atom. The van der Waals surface area contributed by atoms with Crippen LogP contribution in [0.3, 0.4) is 0 Å². The number of carboxylic acids is 1. The number of carbonyl (C=O) groups is 2. The van der Waals surface area contributed by atoms with Gasteiger partial charge in [0.05, 0.1) is 6.61 Å². The maximum atomic E-state index is 11.2. The minimum atomic E-state index is -0.887. The molecule has 3 N–H and O–H groups in total. The summed E-state index contributed by atoms with van der Waals surface area (Å²) in [6, 6.07) is 0. The number of carboxylic acid groups (broad SMARTS) is 1. The van der Waals surface area contributed by atoms with Crippen molar-refractivity contribution in [2.45, 2.75) is 38.2 Å². The lowest BCUT2D eigenvalue weighted by Crippen LogP contribution is -2.23. The molecule has 0 aliphatic heterocycles. The zero-order valence-corrected chi connectivity index (χ0v) is 9.09. The van der Waals surface area contributed by atoms with E-state index >= 15 is 0 Å². The third-order valence-electron chi connectivity index (χ3n) is 1.97. The van der Waals surface area contributed by atoms with Crippen LogP contribution in [0.1, 0.15) is 32.1 Å². The topological polar surface area (TPSA) is 104 Å². The Balaban J connectivity index is 3.60. The second-order valence-corrected chi connectivity index (χ2v) is 3.41. The molecule has 6 heteroatoms. The van der Waals surface area contributed by atoms with Crippen LogP contribution in [-0.2, 0) is 14.3 Å². The van der Waals surface area contributed by atoms with Crippen LogP contribution in [0.15, 0.2) is 0 Å². The number of carbonyl (C=O) groups excluding carboxylic acids is 1. The molecule has 0 aliphatic rings. The highest BCUT2D eigenvalue weighted by Gasteiger charge is 2.12. The Labute approximate surface area is 93.8 Å². The summed E-state index contributed by atoms with van der Waals surface area (Å²) in [5, 5.41) is 25.7.